The van der Waals surface area contributed by atoms with E-state index in [1.165, 1.54) is 13.2 Å². The number of benzene rings is 5. The molecule has 0 bridgehead atoms. The quantitative estimate of drug-likeness (QED) is 0.0404. The smallest absolute Gasteiger partial charge is 0.283 e. The van der Waals surface area contributed by atoms with Gasteiger partial charge in [0.1, 0.15) is 11.7 Å². The molecule has 0 spiro atoms. The molecule has 3 aliphatic carbocycles. The number of ketones is 1. The number of aliphatic hydroxyl groups is 2. The van der Waals surface area contributed by atoms with Crippen molar-refractivity contribution in [1.29, 1.82) is 0 Å². The van der Waals surface area contributed by atoms with Crippen molar-refractivity contribution < 1.29 is 42.6 Å². The Balaban J connectivity index is 1.32. The fraction of sp³-hybridized carbons (Fsp3) is 0.489. The number of allylic oxidation sites excluding steroid dienone is 1. The molecule has 0 atom stereocenters. The predicted octanol–water partition coefficient (Wildman–Crippen LogP) is 6.45. The van der Waals surface area contributed by atoms with E-state index in [0.29, 0.717) is 135 Å². The highest BCUT2D eigenvalue weighted by molar-refractivity contribution is 7.85. The molecule has 0 radical (unpaired) electrons. The second kappa shape index (κ2) is 16.8. The van der Waals surface area contributed by atoms with Crippen molar-refractivity contribution in [2.45, 2.75) is 104 Å². The van der Waals surface area contributed by atoms with Gasteiger partial charge in [0.05, 0.1) is 31.1 Å². The Labute approximate surface area is 353 Å². The van der Waals surface area contributed by atoms with Gasteiger partial charge in [0.15, 0.2) is 22.4 Å². The van der Waals surface area contributed by atoms with Gasteiger partial charge in [-0.1, -0.05) is 18.6 Å². The van der Waals surface area contributed by atoms with Crippen molar-refractivity contribution in [2.75, 3.05) is 24.8 Å². The SMILES string of the molecule is CCC(=O)C1CCC(CNc2cc(CO)c3c4c(CO)cc(=O)c5c(O)c(OC)c6c(c7c(c(CCC8CCC(C(=O)NCS(=O)(=O)O)CC8)c(=O)c2c37)C=C(C)C6)c54)CC1. The van der Waals surface area contributed by atoms with Gasteiger partial charge in [-0.25, -0.2) is 0 Å². The van der Waals surface area contributed by atoms with Crippen LogP contribution in [0.25, 0.3) is 49.2 Å². The van der Waals surface area contributed by atoms with Crippen LogP contribution in [0.15, 0.2) is 27.3 Å². The molecule has 0 unspecified atom stereocenters. The van der Waals surface area contributed by atoms with Crippen molar-refractivity contribution in [1.82, 2.24) is 5.32 Å². The number of phenolic OH excluding ortho intramolecular Hbond substituents is 1. The van der Waals surface area contributed by atoms with E-state index >= 15 is 4.79 Å². The van der Waals surface area contributed by atoms with Gasteiger partial charge in [-0.2, -0.15) is 8.42 Å². The van der Waals surface area contributed by atoms with E-state index in [2.05, 4.69) is 10.6 Å². The van der Waals surface area contributed by atoms with Gasteiger partial charge in [0.25, 0.3) is 10.1 Å². The van der Waals surface area contributed by atoms with Crippen molar-refractivity contribution in [2.24, 2.45) is 23.7 Å². The lowest BCUT2D eigenvalue weighted by Crippen LogP contribution is -2.36. The number of methoxy groups -OCH3 is 1. The fourth-order valence-electron chi connectivity index (χ4n) is 11.0. The van der Waals surface area contributed by atoms with Gasteiger partial charge in [-0.05, 0) is 140 Å². The molecule has 8 rings (SSSR count). The summed E-state index contributed by atoms with van der Waals surface area (Å²) in [7, 11) is -2.90. The third kappa shape index (κ3) is 7.59. The predicted molar refractivity (Wildman–Crippen MR) is 236 cm³/mol. The lowest BCUT2D eigenvalue weighted by Gasteiger charge is -2.29. The summed E-state index contributed by atoms with van der Waals surface area (Å²) in [6.45, 7) is 3.51. The van der Waals surface area contributed by atoms with Crippen molar-refractivity contribution in [3.05, 3.63) is 66.0 Å². The van der Waals surface area contributed by atoms with E-state index < -0.39 is 40.5 Å². The molecule has 0 aromatic heterocycles. The summed E-state index contributed by atoms with van der Waals surface area (Å²) in [5, 5.41) is 43.6. The monoisotopic (exact) mass is 854 g/mol. The Morgan fingerprint density at radius 1 is 0.820 bits per heavy atom. The molecule has 0 aliphatic heterocycles. The van der Waals surface area contributed by atoms with Crippen molar-refractivity contribution >= 4 is 76.7 Å². The second-order valence-corrected chi connectivity index (χ2v) is 19.1. The first-order valence-electron chi connectivity index (χ1n) is 21.5. The topological polar surface area (TPSA) is 217 Å². The van der Waals surface area contributed by atoms with Crippen LogP contribution < -0.4 is 26.2 Å². The number of aliphatic hydroxyl groups excluding tert-OH is 2. The largest absolute Gasteiger partial charge is 0.504 e. The van der Waals surface area contributed by atoms with E-state index in [1.807, 2.05) is 19.9 Å². The Bertz CT molecular complexity index is 2840. The first-order chi connectivity index (χ1) is 29.2. The normalized spacial score (nSPS) is 20.7. The highest BCUT2D eigenvalue weighted by Gasteiger charge is 2.34. The summed E-state index contributed by atoms with van der Waals surface area (Å²) in [6, 6.07) is 3.12. The second-order valence-electron chi connectivity index (χ2n) is 17.6. The van der Waals surface area contributed by atoms with Gasteiger partial charge >= 0.3 is 0 Å². The van der Waals surface area contributed by atoms with Crippen molar-refractivity contribution in [3.8, 4) is 11.5 Å². The number of hydrogen-bond donors (Lipinski definition) is 6. The summed E-state index contributed by atoms with van der Waals surface area (Å²) in [5.74, 6) is -0.963. The molecule has 3 aliphatic rings. The molecular formula is C47H54N2O11S. The number of carbonyl (C=O) groups excluding carboxylic acids is 2. The number of carbonyl (C=O) groups is 2. The molecule has 61 heavy (non-hydrogen) atoms. The summed E-state index contributed by atoms with van der Waals surface area (Å²) < 4.78 is 37.4. The van der Waals surface area contributed by atoms with E-state index in [-0.39, 0.29) is 46.0 Å². The van der Waals surface area contributed by atoms with E-state index in [4.69, 9.17) is 9.29 Å². The Morgan fingerprint density at radius 2 is 1.44 bits per heavy atom. The van der Waals surface area contributed by atoms with E-state index in [0.717, 1.165) is 31.3 Å². The first-order valence-corrected chi connectivity index (χ1v) is 23.1. The minimum atomic E-state index is -4.34. The van der Waals surface area contributed by atoms with E-state index in [1.54, 1.807) is 6.07 Å². The number of phenols is 1. The lowest BCUT2D eigenvalue weighted by molar-refractivity contribution is -0.126. The van der Waals surface area contributed by atoms with Gasteiger partial charge in [0, 0.05) is 52.4 Å². The summed E-state index contributed by atoms with van der Waals surface area (Å²) in [6.07, 6.45) is 9.75. The third-order valence-electron chi connectivity index (χ3n) is 14.0. The number of nitrogens with one attached hydrogen (secondary N) is 2. The molecule has 14 heteroatoms. The minimum Gasteiger partial charge on any atom is -0.504 e. The van der Waals surface area contributed by atoms with Crippen molar-refractivity contribution in [3.63, 3.8) is 0 Å². The van der Waals surface area contributed by atoms with Crippen LogP contribution in [0.4, 0.5) is 5.69 Å². The first kappa shape index (κ1) is 42.8. The molecule has 2 saturated carbocycles. The van der Waals surface area contributed by atoms with Gasteiger partial charge in [-0.15, -0.1) is 0 Å². The van der Waals surface area contributed by atoms with Crippen LogP contribution in [0.3, 0.4) is 0 Å². The zero-order chi connectivity index (χ0) is 43.5. The zero-order valence-corrected chi connectivity index (χ0v) is 35.7. The van der Waals surface area contributed by atoms with Crippen LogP contribution in [0.1, 0.15) is 106 Å². The Kier molecular flexibility index (Phi) is 11.8. The highest BCUT2D eigenvalue weighted by Crippen LogP contribution is 2.53. The Hall–Kier alpha value is -4.89. The van der Waals surface area contributed by atoms with Crippen LogP contribution in [0.5, 0.6) is 11.5 Å². The summed E-state index contributed by atoms with van der Waals surface area (Å²) in [4.78, 5) is 54.6. The Morgan fingerprint density at radius 3 is 2.07 bits per heavy atom. The molecule has 1 amide bonds. The molecular weight excluding hydrogens is 801 g/mol. The average molecular weight is 855 g/mol. The fourth-order valence-corrected chi connectivity index (χ4v) is 11.3. The lowest BCUT2D eigenvalue weighted by atomic mass is 9.77. The molecule has 13 nitrogen and oxygen atoms in total. The third-order valence-corrected chi connectivity index (χ3v) is 14.5. The number of aromatic hydroxyl groups is 1. The van der Waals surface area contributed by atoms with Gasteiger partial charge in [-0.3, -0.25) is 23.7 Å². The summed E-state index contributed by atoms with van der Waals surface area (Å²) >= 11 is 0. The van der Waals surface area contributed by atoms with Crippen LogP contribution >= 0.6 is 0 Å². The number of rotatable bonds is 14. The number of fused-ring (bicyclic) bond motifs is 1. The van der Waals surface area contributed by atoms with Crippen LogP contribution in [0.2, 0.25) is 0 Å². The molecule has 0 heterocycles. The standard InChI is InChI=1S/C47H54N2O11S/c1-4-34(52)26-10-7-25(8-11-26)19-48-33-17-28(20-50)36-37-29(21-51)18-35(53)41-43(37)39-32(46(60-3)45(41)55)16-23(2)15-31-30(44(54)40(33)42(36)38(31)39)14-9-24-5-12-27(13-6-24)47(56)49-22-61(57,58)59/h15,17-18,24-27,48,50-51,55H,4-14,16,19-22H2,1-3H3,(H,49,56)(H,57,58,59). The van der Waals surface area contributed by atoms with Crippen LogP contribution in [0, 0.1) is 23.7 Å². The summed E-state index contributed by atoms with van der Waals surface area (Å²) in [5.41, 5.74) is 3.59. The minimum absolute atomic E-state index is 0.0421. The molecule has 5 aromatic carbocycles. The highest BCUT2D eigenvalue weighted by atomic mass is 32.2. The van der Waals surface area contributed by atoms with Gasteiger partial charge < -0.3 is 30.7 Å². The maximum absolute atomic E-state index is 15.5. The zero-order valence-electron chi connectivity index (χ0n) is 34.9. The van der Waals surface area contributed by atoms with Gasteiger partial charge in [0.2, 0.25) is 5.91 Å². The number of amides is 1. The molecule has 6 N–H and O–H groups in total. The number of anilines is 1. The molecule has 0 saturated heterocycles. The number of Topliss-reactive ketones (excluding diaryl/α,β-unsaturated/α-hetero) is 1. The average Bonchev–Trinajstić information content (AvgIpc) is 3.40. The maximum Gasteiger partial charge on any atom is 0.283 e. The number of ether oxygens (including phenoxy) is 1. The molecule has 2 fully saturated rings. The number of hydrogen-bond acceptors (Lipinski definition) is 11. The maximum atomic E-state index is 15.5. The van der Waals surface area contributed by atoms with Crippen LogP contribution in [-0.4, -0.2) is 59.5 Å². The van der Waals surface area contributed by atoms with Crippen LogP contribution in [-0.2, 0) is 45.8 Å². The molecule has 324 valence electrons. The van der Waals surface area contributed by atoms with E-state index in [9.17, 15) is 38.1 Å². The molecule has 5 aromatic rings.